The van der Waals surface area contributed by atoms with Gasteiger partial charge in [0.1, 0.15) is 24.4 Å². The lowest BCUT2D eigenvalue weighted by Gasteiger charge is -2.28. The standard InChI is InChI=1S/C18H23FNO2PS/c1-18(2,3)24(22)20-17(13-5-9-15(19)10-6-13)14-7-11-16(12-8-14)23(4)21/h5-12,17,20,23H,1-4H3/t17-,24-/m1/s1. The van der Waals surface area contributed by atoms with Crippen molar-refractivity contribution in [3.05, 3.63) is 65.5 Å². The van der Waals surface area contributed by atoms with Crippen molar-refractivity contribution in [2.24, 2.45) is 0 Å². The van der Waals surface area contributed by atoms with Crippen LogP contribution in [0.2, 0.25) is 0 Å². The van der Waals surface area contributed by atoms with Crippen molar-refractivity contribution in [2.75, 3.05) is 6.66 Å². The highest BCUT2D eigenvalue weighted by molar-refractivity contribution is 7.90. The molecule has 0 aliphatic rings. The molecule has 1 N–H and O–H groups in total. The second-order valence-corrected chi connectivity index (χ2v) is 10.3. The monoisotopic (exact) mass is 367 g/mol. The van der Waals surface area contributed by atoms with Gasteiger partial charge in [0.2, 0.25) is 0 Å². The molecule has 1 unspecified atom stereocenters. The smallest absolute Gasteiger partial charge is 0.136 e. The van der Waals surface area contributed by atoms with Gasteiger partial charge in [-0.1, -0.05) is 36.4 Å². The van der Waals surface area contributed by atoms with Gasteiger partial charge in [-0.3, -0.25) is 0 Å². The largest absolute Gasteiger partial charge is 0.598 e. The van der Waals surface area contributed by atoms with Gasteiger partial charge in [-0.2, -0.15) is 0 Å². The van der Waals surface area contributed by atoms with Crippen LogP contribution in [0.5, 0.6) is 0 Å². The van der Waals surface area contributed by atoms with E-state index in [0.29, 0.717) is 0 Å². The molecule has 3 nitrogen and oxygen atoms in total. The fraction of sp³-hybridized carbons (Fsp3) is 0.333. The van der Waals surface area contributed by atoms with Gasteiger partial charge in [0.25, 0.3) is 0 Å². The molecule has 24 heavy (non-hydrogen) atoms. The first-order valence-corrected chi connectivity index (χ1v) is 10.8. The fourth-order valence-electron chi connectivity index (χ4n) is 2.18. The summed E-state index contributed by atoms with van der Waals surface area (Å²) in [6.07, 6.45) is 0. The predicted molar refractivity (Wildman–Crippen MR) is 100 cm³/mol. The second kappa shape index (κ2) is 7.83. The van der Waals surface area contributed by atoms with E-state index < -0.39 is 23.9 Å². The van der Waals surface area contributed by atoms with Crippen molar-refractivity contribution in [3.8, 4) is 0 Å². The van der Waals surface area contributed by atoms with Gasteiger partial charge in [-0.25, -0.2) is 4.39 Å². The summed E-state index contributed by atoms with van der Waals surface area (Å²) in [5.74, 6) is -0.311. The molecular weight excluding hydrogens is 344 g/mol. The van der Waals surface area contributed by atoms with E-state index in [1.807, 2.05) is 45.0 Å². The number of hydrogen-bond acceptors (Lipinski definition) is 3. The van der Waals surface area contributed by atoms with Crippen LogP contribution in [-0.2, 0) is 15.9 Å². The number of nitrogens with one attached hydrogen (secondary N) is 1. The van der Waals surface area contributed by atoms with Crippen molar-refractivity contribution in [1.29, 1.82) is 0 Å². The number of halogens is 1. The van der Waals surface area contributed by atoms with E-state index in [9.17, 15) is 13.5 Å². The van der Waals surface area contributed by atoms with Crippen LogP contribution in [0.15, 0.2) is 48.5 Å². The summed E-state index contributed by atoms with van der Waals surface area (Å²) >= 11 is -1.29. The Hall–Kier alpha value is -1.13. The van der Waals surface area contributed by atoms with Gasteiger partial charge >= 0.3 is 0 Å². The minimum absolute atomic E-state index is 0.311. The Morgan fingerprint density at radius 1 is 1.04 bits per heavy atom. The molecule has 3 atom stereocenters. The van der Waals surface area contributed by atoms with Gasteiger partial charge in [0.05, 0.1) is 0 Å². The van der Waals surface area contributed by atoms with E-state index in [0.717, 1.165) is 16.4 Å². The minimum atomic E-state index is -1.75. The summed E-state index contributed by atoms with van der Waals surface area (Å²) in [6.45, 7) is 7.38. The third-order valence-electron chi connectivity index (χ3n) is 3.63. The molecule has 6 heteroatoms. The van der Waals surface area contributed by atoms with E-state index >= 15 is 0 Å². The van der Waals surface area contributed by atoms with E-state index in [4.69, 9.17) is 0 Å². The molecule has 0 saturated heterocycles. The average molecular weight is 367 g/mol. The SMILES string of the molecule is C[PH](=O)c1ccc([C@H](N[S@+]([O-])C(C)(C)C)c2ccc(F)cc2)cc1. The summed E-state index contributed by atoms with van der Waals surface area (Å²) in [5, 5.41) is 0.804. The van der Waals surface area contributed by atoms with Crippen LogP contribution in [0.1, 0.15) is 37.9 Å². The first-order chi connectivity index (χ1) is 11.2. The third-order valence-corrected chi connectivity index (χ3v) is 6.34. The molecule has 130 valence electrons. The summed E-state index contributed by atoms with van der Waals surface area (Å²) in [5.41, 5.74) is 1.72. The van der Waals surface area contributed by atoms with Crippen LogP contribution < -0.4 is 10.0 Å². The number of rotatable bonds is 5. The molecule has 0 spiro atoms. The highest BCUT2D eigenvalue weighted by Crippen LogP contribution is 2.27. The van der Waals surface area contributed by atoms with E-state index in [-0.39, 0.29) is 11.9 Å². The molecule has 0 heterocycles. The van der Waals surface area contributed by atoms with Crippen LogP contribution in [0, 0.1) is 5.82 Å². The second-order valence-electron chi connectivity index (χ2n) is 6.66. The Bertz CT molecular complexity index is 698. The first kappa shape index (κ1) is 19.2. The van der Waals surface area contributed by atoms with Crippen molar-refractivity contribution in [3.63, 3.8) is 0 Å². The molecule has 0 radical (unpaired) electrons. The van der Waals surface area contributed by atoms with E-state index in [1.165, 1.54) is 12.1 Å². The predicted octanol–water partition coefficient (Wildman–Crippen LogP) is 3.78. The summed E-state index contributed by atoms with van der Waals surface area (Å²) < 4.78 is 40.1. The number of hydrogen-bond donors (Lipinski definition) is 1. The van der Waals surface area contributed by atoms with Crippen LogP contribution in [0.3, 0.4) is 0 Å². The molecule has 2 aromatic carbocycles. The highest BCUT2D eigenvalue weighted by Gasteiger charge is 2.30. The van der Waals surface area contributed by atoms with E-state index in [1.54, 1.807) is 18.8 Å². The molecule has 0 fully saturated rings. The minimum Gasteiger partial charge on any atom is -0.598 e. The molecule has 2 aromatic rings. The van der Waals surface area contributed by atoms with Crippen molar-refractivity contribution < 1.29 is 13.5 Å². The Balaban J connectivity index is 2.38. The van der Waals surface area contributed by atoms with Gasteiger partial charge < -0.3 is 9.12 Å². The Kier molecular flexibility index (Phi) is 6.27. The van der Waals surface area contributed by atoms with Gasteiger partial charge in [-0.05, 0) is 50.7 Å². The van der Waals surface area contributed by atoms with Gasteiger partial charge in [-0.15, -0.1) is 4.72 Å². The van der Waals surface area contributed by atoms with Crippen LogP contribution >= 0.6 is 7.80 Å². The van der Waals surface area contributed by atoms with Crippen molar-refractivity contribution in [2.45, 2.75) is 31.6 Å². The quantitative estimate of drug-likeness (QED) is 0.646. The summed E-state index contributed by atoms with van der Waals surface area (Å²) in [7, 11) is -1.75. The molecule has 0 saturated carbocycles. The third kappa shape index (κ3) is 4.93. The van der Waals surface area contributed by atoms with Gasteiger partial charge in [0.15, 0.2) is 0 Å². The van der Waals surface area contributed by atoms with Crippen LogP contribution in [0.4, 0.5) is 4.39 Å². The molecule has 0 aliphatic heterocycles. The first-order valence-electron chi connectivity index (χ1n) is 7.73. The fourth-order valence-corrected chi connectivity index (χ4v) is 3.65. The lowest BCUT2D eigenvalue weighted by atomic mass is 10.00. The summed E-state index contributed by atoms with van der Waals surface area (Å²) in [6, 6.07) is 13.2. The highest BCUT2D eigenvalue weighted by atomic mass is 32.2. The maximum atomic E-state index is 13.2. The summed E-state index contributed by atoms with van der Waals surface area (Å²) in [4.78, 5) is 0. The Morgan fingerprint density at radius 3 is 1.92 bits per heavy atom. The van der Waals surface area contributed by atoms with Crippen molar-refractivity contribution in [1.82, 2.24) is 4.72 Å². The maximum absolute atomic E-state index is 13.2. The normalized spacial score (nSPS) is 15.8. The van der Waals surface area contributed by atoms with Crippen molar-refractivity contribution >= 4 is 24.5 Å². The molecule has 0 aliphatic carbocycles. The lowest BCUT2D eigenvalue weighted by Crippen LogP contribution is -2.41. The van der Waals surface area contributed by atoms with Crippen LogP contribution in [0.25, 0.3) is 0 Å². The maximum Gasteiger partial charge on any atom is 0.136 e. The molecule has 2 rings (SSSR count). The zero-order valence-corrected chi connectivity index (χ0v) is 16.1. The van der Waals surface area contributed by atoms with E-state index in [2.05, 4.69) is 4.72 Å². The molecule has 0 aromatic heterocycles. The zero-order chi connectivity index (χ0) is 17.9. The topological polar surface area (TPSA) is 52.2 Å². The zero-order valence-electron chi connectivity index (χ0n) is 14.3. The number of benzene rings is 2. The van der Waals surface area contributed by atoms with Gasteiger partial charge in [0, 0.05) is 16.7 Å². The van der Waals surface area contributed by atoms with Crippen LogP contribution in [-0.4, -0.2) is 16.0 Å². The molecule has 0 bridgehead atoms. The molecule has 0 amide bonds. The lowest BCUT2D eigenvalue weighted by molar-refractivity contribution is 0.535. The Morgan fingerprint density at radius 2 is 1.50 bits per heavy atom. The molecular formula is C18H23FNO2PS. The average Bonchev–Trinajstić information content (AvgIpc) is 2.52. The Labute approximate surface area is 146 Å².